The van der Waals surface area contributed by atoms with Crippen LogP contribution in [0.2, 0.25) is 0 Å². The molecule has 0 saturated carbocycles. The summed E-state index contributed by atoms with van der Waals surface area (Å²) in [7, 11) is 2.02. The molecule has 1 atom stereocenters. The highest BCUT2D eigenvalue weighted by atomic mass is 19.1. The zero-order valence-corrected chi connectivity index (χ0v) is 12.1. The topological polar surface area (TPSA) is 15.3 Å². The summed E-state index contributed by atoms with van der Waals surface area (Å²) >= 11 is 0. The lowest BCUT2D eigenvalue weighted by Gasteiger charge is -2.27. The Morgan fingerprint density at radius 1 is 1.28 bits per heavy atom. The van der Waals surface area contributed by atoms with E-state index in [4.69, 9.17) is 0 Å². The number of halogens is 1. The summed E-state index contributed by atoms with van der Waals surface area (Å²) in [6.45, 7) is 10.1. The fraction of sp³-hybridized carbons (Fsp3) is 0.600. The molecule has 0 saturated heterocycles. The van der Waals surface area contributed by atoms with Gasteiger partial charge in [-0.2, -0.15) is 0 Å². The first-order chi connectivity index (χ1) is 8.47. The quantitative estimate of drug-likeness (QED) is 0.832. The Balaban J connectivity index is 3.06. The summed E-state index contributed by atoms with van der Waals surface area (Å²) in [5, 5.41) is 3.28. The molecule has 1 aromatic rings. The fourth-order valence-corrected chi connectivity index (χ4v) is 2.34. The van der Waals surface area contributed by atoms with Crippen molar-refractivity contribution in [1.29, 1.82) is 0 Å². The van der Waals surface area contributed by atoms with Crippen LogP contribution in [0.4, 0.5) is 10.1 Å². The second-order valence-corrected chi connectivity index (χ2v) is 5.23. The number of benzene rings is 1. The van der Waals surface area contributed by atoms with Gasteiger partial charge in [-0.15, -0.1) is 0 Å². The van der Waals surface area contributed by atoms with Crippen LogP contribution in [0.25, 0.3) is 0 Å². The first-order valence-corrected chi connectivity index (χ1v) is 6.70. The fourth-order valence-electron chi connectivity index (χ4n) is 2.34. The minimum atomic E-state index is -0.128. The van der Waals surface area contributed by atoms with Gasteiger partial charge in [0.25, 0.3) is 0 Å². The number of hydrogen-bond donors (Lipinski definition) is 1. The number of anilines is 1. The molecule has 0 aliphatic heterocycles. The van der Waals surface area contributed by atoms with E-state index < -0.39 is 0 Å². The molecule has 0 radical (unpaired) electrons. The average Bonchev–Trinajstić information content (AvgIpc) is 2.27. The van der Waals surface area contributed by atoms with Gasteiger partial charge in [0.1, 0.15) is 5.82 Å². The second-order valence-electron chi connectivity index (χ2n) is 5.23. The molecule has 0 fully saturated rings. The number of nitrogens with one attached hydrogen (secondary N) is 1. The zero-order valence-electron chi connectivity index (χ0n) is 12.1. The van der Waals surface area contributed by atoms with Crippen molar-refractivity contribution in [3.05, 3.63) is 29.6 Å². The summed E-state index contributed by atoms with van der Waals surface area (Å²) < 4.78 is 14.1. The maximum atomic E-state index is 14.1. The summed E-state index contributed by atoms with van der Waals surface area (Å²) in [6, 6.07) is 5.34. The molecule has 1 rings (SSSR count). The van der Waals surface area contributed by atoms with Crippen molar-refractivity contribution in [2.75, 3.05) is 25.0 Å². The van der Waals surface area contributed by atoms with E-state index in [1.165, 1.54) is 6.07 Å². The van der Waals surface area contributed by atoms with Crippen molar-refractivity contribution in [2.24, 2.45) is 5.92 Å². The molecular formula is C15H25FN2. The van der Waals surface area contributed by atoms with Gasteiger partial charge >= 0.3 is 0 Å². The lowest BCUT2D eigenvalue weighted by atomic mass is 10.0. The molecule has 0 amide bonds. The van der Waals surface area contributed by atoms with Crippen LogP contribution < -0.4 is 10.2 Å². The molecule has 1 N–H and O–H groups in total. The largest absolute Gasteiger partial charge is 0.374 e. The first-order valence-electron chi connectivity index (χ1n) is 6.70. The first kappa shape index (κ1) is 15.0. The Morgan fingerprint density at radius 3 is 2.50 bits per heavy atom. The Labute approximate surface area is 110 Å². The molecule has 2 nitrogen and oxygen atoms in total. The van der Waals surface area contributed by atoms with Gasteiger partial charge in [0.15, 0.2) is 0 Å². The van der Waals surface area contributed by atoms with Gasteiger partial charge in [-0.25, -0.2) is 4.39 Å². The van der Waals surface area contributed by atoms with Crippen LogP contribution in [-0.4, -0.2) is 20.1 Å². The Kier molecular flexibility index (Phi) is 5.60. The molecule has 18 heavy (non-hydrogen) atoms. The van der Waals surface area contributed by atoms with E-state index in [1.54, 1.807) is 6.07 Å². The third kappa shape index (κ3) is 3.70. The van der Waals surface area contributed by atoms with E-state index in [9.17, 15) is 4.39 Å². The number of nitrogens with zero attached hydrogens (tertiary/aromatic N) is 1. The van der Waals surface area contributed by atoms with Crippen LogP contribution in [0.3, 0.4) is 0 Å². The van der Waals surface area contributed by atoms with E-state index in [1.807, 2.05) is 27.0 Å². The molecule has 0 aliphatic carbocycles. The summed E-state index contributed by atoms with van der Waals surface area (Å²) in [5.41, 5.74) is 1.75. The van der Waals surface area contributed by atoms with Gasteiger partial charge in [-0.05, 0) is 31.5 Å². The van der Waals surface area contributed by atoms with Gasteiger partial charge in [-0.1, -0.05) is 26.8 Å². The minimum Gasteiger partial charge on any atom is -0.374 e. The molecule has 0 aromatic heterocycles. The van der Waals surface area contributed by atoms with Crippen molar-refractivity contribution in [2.45, 2.75) is 33.7 Å². The van der Waals surface area contributed by atoms with Crippen molar-refractivity contribution in [3.63, 3.8) is 0 Å². The maximum absolute atomic E-state index is 14.1. The number of rotatable bonds is 6. The van der Waals surface area contributed by atoms with E-state index in [0.717, 1.165) is 24.3 Å². The lowest BCUT2D eigenvalue weighted by molar-refractivity contribution is 0.537. The van der Waals surface area contributed by atoms with Crippen LogP contribution in [0, 0.1) is 11.7 Å². The van der Waals surface area contributed by atoms with Crippen molar-refractivity contribution in [1.82, 2.24) is 5.32 Å². The standard InChI is InChI=1S/C15H25FN2/c1-6-17-12(4)15-13(16)8-7-9-14(15)18(5)10-11(2)3/h7-9,11-12,17H,6,10H2,1-5H3. The van der Waals surface area contributed by atoms with Gasteiger partial charge in [-0.3, -0.25) is 0 Å². The van der Waals surface area contributed by atoms with Crippen molar-refractivity contribution >= 4 is 5.69 Å². The molecule has 0 bridgehead atoms. The molecule has 0 aliphatic rings. The van der Waals surface area contributed by atoms with Crippen LogP contribution in [0.5, 0.6) is 0 Å². The minimum absolute atomic E-state index is 0.0285. The predicted molar refractivity (Wildman–Crippen MR) is 76.6 cm³/mol. The van der Waals surface area contributed by atoms with Crippen LogP contribution >= 0.6 is 0 Å². The van der Waals surface area contributed by atoms with Gasteiger partial charge in [0.2, 0.25) is 0 Å². The van der Waals surface area contributed by atoms with Gasteiger partial charge < -0.3 is 10.2 Å². The summed E-state index contributed by atoms with van der Waals surface area (Å²) in [4.78, 5) is 2.14. The van der Waals surface area contributed by atoms with E-state index in [-0.39, 0.29) is 11.9 Å². The van der Waals surface area contributed by atoms with Gasteiger partial charge in [0.05, 0.1) is 0 Å². The molecule has 0 spiro atoms. The SMILES string of the molecule is CCNC(C)c1c(F)cccc1N(C)CC(C)C. The Hall–Kier alpha value is -1.09. The third-order valence-corrected chi connectivity index (χ3v) is 3.02. The summed E-state index contributed by atoms with van der Waals surface area (Å²) in [5.74, 6) is 0.428. The average molecular weight is 252 g/mol. The highest BCUT2D eigenvalue weighted by Crippen LogP contribution is 2.28. The summed E-state index contributed by atoms with van der Waals surface area (Å²) in [6.07, 6.45) is 0. The lowest BCUT2D eigenvalue weighted by Crippen LogP contribution is -2.27. The Bertz CT molecular complexity index is 377. The van der Waals surface area contributed by atoms with E-state index in [2.05, 4.69) is 24.1 Å². The molecule has 3 heteroatoms. The predicted octanol–water partition coefficient (Wildman–Crippen LogP) is 3.59. The van der Waals surface area contributed by atoms with Crippen molar-refractivity contribution < 1.29 is 4.39 Å². The molecule has 102 valence electrons. The van der Waals surface area contributed by atoms with Gasteiger partial charge in [0, 0.05) is 30.9 Å². The third-order valence-electron chi connectivity index (χ3n) is 3.02. The number of hydrogen-bond acceptors (Lipinski definition) is 2. The highest BCUT2D eigenvalue weighted by molar-refractivity contribution is 5.55. The second kappa shape index (κ2) is 6.74. The zero-order chi connectivity index (χ0) is 13.7. The van der Waals surface area contributed by atoms with Crippen LogP contribution in [-0.2, 0) is 0 Å². The van der Waals surface area contributed by atoms with Crippen molar-refractivity contribution in [3.8, 4) is 0 Å². The van der Waals surface area contributed by atoms with Crippen LogP contribution in [0.15, 0.2) is 18.2 Å². The van der Waals surface area contributed by atoms with E-state index >= 15 is 0 Å². The highest BCUT2D eigenvalue weighted by Gasteiger charge is 2.17. The monoisotopic (exact) mass is 252 g/mol. The normalized spacial score (nSPS) is 12.8. The molecular weight excluding hydrogens is 227 g/mol. The molecule has 1 aromatic carbocycles. The molecule has 1 unspecified atom stereocenters. The molecule has 0 heterocycles. The maximum Gasteiger partial charge on any atom is 0.130 e. The smallest absolute Gasteiger partial charge is 0.130 e. The van der Waals surface area contributed by atoms with E-state index in [0.29, 0.717) is 5.92 Å². The Morgan fingerprint density at radius 2 is 1.94 bits per heavy atom. The van der Waals surface area contributed by atoms with Crippen LogP contribution in [0.1, 0.15) is 39.3 Å².